The van der Waals surface area contributed by atoms with Crippen LogP contribution < -0.4 is 10.2 Å². The molecule has 1 aromatic carbocycles. The van der Waals surface area contributed by atoms with Gasteiger partial charge in [-0.25, -0.2) is 4.39 Å². The van der Waals surface area contributed by atoms with Crippen LogP contribution in [0.2, 0.25) is 0 Å². The summed E-state index contributed by atoms with van der Waals surface area (Å²) in [5.74, 6) is 0.779. The third-order valence-electron chi connectivity index (χ3n) is 4.29. The fraction of sp³-hybridized carbons (Fsp3) is 0.600. The van der Waals surface area contributed by atoms with Crippen LogP contribution in [0.15, 0.2) is 24.3 Å². The van der Waals surface area contributed by atoms with E-state index in [4.69, 9.17) is 0 Å². The Morgan fingerprint density at radius 2 is 1.84 bits per heavy atom. The Labute approximate surface area is 114 Å². The van der Waals surface area contributed by atoms with Gasteiger partial charge in [-0.05, 0) is 44.1 Å². The summed E-state index contributed by atoms with van der Waals surface area (Å²) >= 11 is 0. The predicted octanol–water partition coefficient (Wildman–Crippen LogP) is 1.56. The first kappa shape index (κ1) is 12.9. The summed E-state index contributed by atoms with van der Waals surface area (Å²) in [7, 11) is 0. The van der Waals surface area contributed by atoms with Crippen molar-refractivity contribution in [1.29, 1.82) is 0 Å². The molecule has 1 N–H and O–H groups in total. The Morgan fingerprint density at radius 3 is 2.47 bits per heavy atom. The standard InChI is InChI=1S/C15H22FN3/c16-14-3-1-2-4-15(14)19-9-7-18(8-10-19)6-5-13-11-17-12-13/h1-4,13,17H,5-12H2. The molecule has 0 unspecified atom stereocenters. The van der Waals surface area contributed by atoms with E-state index in [0.29, 0.717) is 0 Å². The van der Waals surface area contributed by atoms with E-state index in [1.165, 1.54) is 26.1 Å². The maximum Gasteiger partial charge on any atom is 0.146 e. The molecule has 19 heavy (non-hydrogen) atoms. The molecular weight excluding hydrogens is 241 g/mol. The first-order chi connectivity index (χ1) is 9.33. The molecule has 0 aliphatic carbocycles. The lowest BCUT2D eigenvalue weighted by molar-refractivity contribution is 0.216. The van der Waals surface area contributed by atoms with Crippen molar-refractivity contribution in [2.75, 3.05) is 50.7 Å². The minimum atomic E-state index is -0.100. The van der Waals surface area contributed by atoms with Gasteiger partial charge < -0.3 is 10.2 Å². The lowest BCUT2D eigenvalue weighted by Gasteiger charge is -2.37. The van der Waals surface area contributed by atoms with E-state index in [1.54, 1.807) is 12.1 Å². The van der Waals surface area contributed by atoms with E-state index >= 15 is 0 Å². The minimum Gasteiger partial charge on any atom is -0.367 e. The highest BCUT2D eigenvalue weighted by atomic mass is 19.1. The fourth-order valence-corrected chi connectivity index (χ4v) is 2.84. The number of para-hydroxylation sites is 1. The first-order valence-electron chi connectivity index (χ1n) is 7.25. The van der Waals surface area contributed by atoms with Crippen LogP contribution in [-0.2, 0) is 0 Å². The molecule has 3 rings (SSSR count). The summed E-state index contributed by atoms with van der Waals surface area (Å²) in [6.45, 7) is 7.54. The Kier molecular flexibility index (Phi) is 3.99. The molecule has 0 radical (unpaired) electrons. The van der Waals surface area contributed by atoms with E-state index in [1.807, 2.05) is 12.1 Å². The van der Waals surface area contributed by atoms with Crippen LogP contribution in [0.5, 0.6) is 0 Å². The maximum absolute atomic E-state index is 13.7. The highest BCUT2D eigenvalue weighted by Crippen LogP contribution is 2.20. The summed E-state index contributed by atoms with van der Waals surface area (Å²) < 4.78 is 13.7. The van der Waals surface area contributed by atoms with Crippen LogP contribution in [0.3, 0.4) is 0 Å². The highest BCUT2D eigenvalue weighted by molar-refractivity contribution is 5.47. The van der Waals surface area contributed by atoms with Crippen molar-refractivity contribution < 1.29 is 4.39 Å². The van der Waals surface area contributed by atoms with E-state index < -0.39 is 0 Å². The molecule has 0 atom stereocenters. The zero-order valence-corrected chi connectivity index (χ0v) is 11.3. The fourth-order valence-electron chi connectivity index (χ4n) is 2.84. The van der Waals surface area contributed by atoms with Gasteiger partial charge in [-0.15, -0.1) is 0 Å². The Bertz CT molecular complexity index is 412. The molecule has 0 saturated carbocycles. The van der Waals surface area contributed by atoms with Crippen molar-refractivity contribution >= 4 is 5.69 Å². The summed E-state index contributed by atoms with van der Waals surface area (Å²) in [5.41, 5.74) is 0.755. The van der Waals surface area contributed by atoms with E-state index in [2.05, 4.69) is 15.1 Å². The van der Waals surface area contributed by atoms with Crippen LogP contribution in [0.4, 0.5) is 10.1 Å². The van der Waals surface area contributed by atoms with Gasteiger partial charge in [0.25, 0.3) is 0 Å². The molecule has 0 amide bonds. The molecule has 2 fully saturated rings. The van der Waals surface area contributed by atoms with Crippen molar-refractivity contribution in [3.8, 4) is 0 Å². The number of hydrogen-bond acceptors (Lipinski definition) is 3. The van der Waals surface area contributed by atoms with Crippen LogP contribution in [0, 0.1) is 11.7 Å². The Balaban J connectivity index is 1.47. The van der Waals surface area contributed by atoms with Gasteiger partial charge in [0.05, 0.1) is 5.69 Å². The minimum absolute atomic E-state index is 0.100. The lowest BCUT2D eigenvalue weighted by Crippen LogP contribution is -2.49. The second-order valence-corrected chi connectivity index (χ2v) is 5.59. The average Bonchev–Trinajstić information content (AvgIpc) is 2.39. The number of nitrogens with one attached hydrogen (secondary N) is 1. The number of rotatable bonds is 4. The quantitative estimate of drug-likeness (QED) is 0.889. The largest absolute Gasteiger partial charge is 0.367 e. The molecule has 4 heteroatoms. The topological polar surface area (TPSA) is 18.5 Å². The molecule has 2 aliphatic heterocycles. The third-order valence-corrected chi connectivity index (χ3v) is 4.29. The molecule has 1 aromatic rings. The van der Waals surface area contributed by atoms with Crippen LogP contribution in [0.1, 0.15) is 6.42 Å². The number of hydrogen-bond donors (Lipinski definition) is 1. The highest BCUT2D eigenvalue weighted by Gasteiger charge is 2.21. The van der Waals surface area contributed by atoms with E-state index in [0.717, 1.165) is 37.8 Å². The summed E-state index contributed by atoms with van der Waals surface area (Å²) in [6, 6.07) is 7.09. The van der Waals surface area contributed by atoms with Gasteiger partial charge in [-0.2, -0.15) is 0 Å². The van der Waals surface area contributed by atoms with Crippen LogP contribution in [-0.4, -0.2) is 50.7 Å². The van der Waals surface area contributed by atoms with E-state index in [9.17, 15) is 4.39 Å². The smallest absolute Gasteiger partial charge is 0.146 e. The van der Waals surface area contributed by atoms with Gasteiger partial charge in [-0.1, -0.05) is 12.1 Å². The second kappa shape index (κ2) is 5.88. The van der Waals surface area contributed by atoms with Crippen LogP contribution >= 0.6 is 0 Å². The van der Waals surface area contributed by atoms with Gasteiger partial charge >= 0.3 is 0 Å². The van der Waals surface area contributed by atoms with Gasteiger partial charge in [0.1, 0.15) is 5.82 Å². The van der Waals surface area contributed by atoms with Crippen molar-refractivity contribution in [2.45, 2.75) is 6.42 Å². The third kappa shape index (κ3) is 3.07. The summed E-state index contributed by atoms with van der Waals surface area (Å²) in [5, 5.41) is 3.32. The molecular formula is C15H22FN3. The Hall–Kier alpha value is -1.13. The lowest BCUT2D eigenvalue weighted by atomic mass is 9.99. The summed E-state index contributed by atoms with van der Waals surface area (Å²) in [6.07, 6.45) is 1.30. The van der Waals surface area contributed by atoms with Crippen molar-refractivity contribution in [3.05, 3.63) is 30.1 Å². The van der Waals surface area contributed by atoms with Crippen molar-refractivity contribution in [2.24, 2.45) is 5.92 Å². The molecule has 2 aliphatic rings. The number of anilines is 1. The van der Waals surface area contributed by atoms with E-state index in [-0.39, 0.29) is 5.82 Å². The molecule has 104 valence electrons. The zero-order chi connectivity index (χ0) is 13.1. The number of benzene rings is 1. The monoisotopic (exact) mass is 263 g/mol. The number of nitrogens with zero attached hydrogens (tertiary/aromatic N) is 2. The van der Waals surface area contributed by atoms with Gasteiger partial charge in [0.2, 0.25) is 0 Å². The van der Waals surface area contributed by atoms with Crippen molar-refractivity contribution in [3.63, 3.8) is 0 Å². The number of halogens is 1. The molecule has 0 spiro atoms. The normalized spacial score (nSPS) is 21.4. The van der Waals surface area contributed by atoms with Gasteiger partial charge in [0.15, 0.2) is 0 Å². The first-order valence-corrected chi connectivity index (χ1v) is 7.25. The SMILES string of the molecule is Fc1ccccc1N1CCN(CCC2CNC2)CC1. The molecule has 2 saturated heterocycles. The molecule has 2 heterocycles. The number of piperazine rings is 1. The van der Waals surface area contributed by atoms with Gasteiger partial charge in [0, 0.05) is 26.2 Å². The van der Waals surface area contributed by atoms with Crippen molar-refractivity contribution in [1.82, 2.24) is 10.2 Å². The molecule has 0 bridgehead atoms. The second-order valence-electron chi connectivity index (χ2n) is 5.59. The van der Waals surface area contributed by atoms with Crippen LogP contribution in [0.25, 0.3) is 0 Å². The molecule has 3 nitrogen and oxygen atoms in total. The summed E-state index contributed by atoms with van der Waals surface area (Å²) in [4.78, 5) is 4.67. The van der Waals surface area contributed by atoms with Gasteiger partial charge in [-0.3, -0.25) is 4.90 Å². The zero-order valence-electron chi connectivity index (χ0n) is 11.3. The predicted molar refractivity (Wildman–Crippen MR) is 76.0 cm³/mol. The maximum atomic E-state index is 13.7. The molecule has 0 aromatic heterocycles. The Morgan fingerprint density at radius 1 is 1.11 bits per heavy atom. The average molecular weight is 263 g/mol.